The van der Waals surface area contributed by atoms with Gasteiger partial charge in [-0.05, 0) is 0 Å². The summed E-state index contributed by atoms with van der Waals surface area (Å²) in [7, 11) is 0. The van der Waals surface area contributed by atoms with E-state index < -0.39 is 40.4 Å². The van der Waals surface area contributed by atoms with Crippen LogP contribution < -0.4 is 0 Å². The van der Waals surface area contributed by atoms with Crippen molar-refractivity contribution < 1.29 is 26.4 Å². The average molecular weight is 328 g/mol. The summed E-state index contributed by atoms with van der Waals surface area (Å²) in [5, 5.41) is 0.0400. The minimum atomic E-state index is -2.21. The van der Waals surface area contributed by atoms with Crippen LogP contribution in [0, 0.1) is 29.1 Å². The summed E-state index contributed by atoms with van der Waals surface area (Å²) in [5.41, 5.74) is -1.10. The van der Waals surface area contributed by atoms with E-state index in [0.29, 0.717) is 0 Å². The third kappa shape index (κ3) is 1.80. The molecule has 1 aromatic carbocycles. The highest BCUT2D eigenvalue weighted by molar-refractivity contribution is 9.08. The van der Waals surface area contributed by atoms with Gasteiger partial charge < -0.3 is 4.42 Å². The van der Waals surface area contributed by atoms with Gasteiger partial charge in [0, 0.05) is 5.33 Å². The molecule has 0 aliphatic heterocycles. The lowest BCUT2D eigenvalue weighted by molar-refractivity contribution is 0.378. The molecule has 0 radical (unpaired) electrons. The predicted molar refractivity (Wildman–Crippen MR) is 54.4 cm³/mol. The number of oxazole rings is 1. The third-order valence-electron chi connectivity index (χ3n) is 2.20. The van der Waals surface area contributed by atoms with Crippen molar-refractivity contribution in [2.45, 2.75) is 5.33 Å². The lowest BCUT2D eigenvalue weighted by Gasteiger charge is -2.06. The van der Waals surface area contributed by atoms with E-state index in [-0.39, 0.29) is 11.0 Å². The van der Waals surface area contributed by atoms with Crippen molar-refractivity contribution in [2.75, 3.05) is 0 Å². The Morgan fingerprint density at radius 3 is 1.94 bits per heavy atom. The first-order valence-corrected chi connectivity index (χ1v) is 5.61. The van der Waals surface area contributed by atoms with Crippen LogP contribution in [-0.4, -0.2) is 4.98 Å². The zero-order valence-electron chi connectivity index (χ0n) is 8.41. The van der Waals surface area contributed by atoms with Gasteiger partial charge in [-0.15, -0.1) is 0 Å². The topological polar surface area (TPSA) is 26.0 Å². The van der Waals surface area contributed by atoms with Crippen LogP contribution in [0.1, 0.15) is 5.69 Å². The van der Waals surface area contributed by atoms with Gasteiger partial charge in [0.2, 0.25) is 5.82 Å². The second kappa shape index (κ2) is 4.68. The van der Waals surface area contributed by atoms with E-state index in [1.54, 1.807) is 0 Å². The monoisotopic (exact) mass is 327 g/mol. The molecule has 96 valence electrons. The van der Waals surface area contributed by atoms with Gasteiger partial charge in [-0.3, -0.25) is 0 Å². The van der Waals surface area contributed by atoms with Crippen LogP contribution in [0.2, 0.25) is 0 Å². The molecule has 0 spiro atoms. The van der Waals surface area contributed by atoms with Gasteiger partial charge in [-0.25, -0.2) is 26.9 Å². The number of nitrogens with zero attached hydrogens (tertiary/aromatic N) is 1. The van der Waals surface area contributed by atoms with Gasteiger partial charge in [0.1, 0.15) is 0 Å². The summed E-state index contributed by atoms with van der Waals surface area (Å²) in [6, 6.07) is 0. The molecule has 0 fully saturated rings. The van der Waals surface area contributed by atoms with Crippen molar-refractivity contribution in [1.82, 2.24) is 4.98 Å². The van der Waals surface area contributed by atoms with Crippen LogP contribution in [0.15, 0.2) is 10.8 Å². The van der Waals surface area contributed by atoms with Crippen molar-refractivity contribution in [1.29, 1.82) is 0 Å². The molecule has 0 aliphatic rings. The standard InChI is InChI=1S/C10H3BrF5NO/c11-1-3-10(18-2-17-3)4-5(12)7(14)9(16)8(15)6(4)13/h2H,1H2. The fourth-order valence-electron chi connectivity index (χ4n) is 1.37. The fourth-order valence-corrected chi connectivity index (χ4v) is 1.77. The lowest BCUT2D eigenvalue weighted by Crippen LogP contribution is -2.04. The fraction of sp³-hybridized carbons (Fsp3) is 0.100. The van der Waals surface area contributed by atoms with Gasteiger partial charge in [0.25, 0.3) is 0 Å². The number of benzene rings is 1. The van der Waals surface area contributed by atoms with Crippen molar-refractivity contribution in [3.05, 3.63) is 41.2 Å². The Kier molecular flexibility index (Phi) is 3.38. The number of rotatable bonds is 2. The average Bonchev–Trinajstić information content (AvgIpc) is 2.82. The van der Waals surface area contributed by atoms with Crippen LogP contribution in [0.3, 0.4) is 0 Å². The van der Waals surface area contributed by atoms with Crippen LogP contribution in [-0.2, 0) is 5.33 Å². The largest absolute Gasteiger partial charge is 0.443 e. The molecule has 0 bridgehead atoms. The van der Waals surface area contributed by atoms with Gasteiger partial charge in [-0.2, -0.15) is 0 Å². The summed E-state index contributed by atoms with van der Waals surface area (Å²) in [5.74, 6) is -10.7. The Morgan fingerprint density at radius 2 is 1.44 bits per heavy atom. The van der Waals surface area contributed by atoms with E-state index in [1.807, 2.05) is 0 Å². The van der Waals surface area contributed by atoms with Crippen molar-refractivity contribution >= 4 is 15.9 Å². The van der Waals surface area contributed by atoms with Crippen LogP contribution in [0.25, 0.3) is 11.3 Å². The Balaban J connectivity index is 2.80. The van der Waals surface area contributed by atoms with E-state index in [9.17, 15) is 22.0 Å². The molecule has 8 heteroatoms. The molecular formula is C10H3BrF5NO. The Morgan fingerprint density at radius 1 is 0.944 bits per heavy atom. The molecule has 2 rings (SSSR count). The number of aromatic nitrogens is 1. The van der Waals surface area contributed by atoms with Crippen molar-refractivity contribution in [3.63, 3.8) is 0 Å². The predicted octanol–water partition coefficient (Wildman–Crippen LogP) is 3.93. The molecule has 0 unspecified atom stereocenters. The summed E-state index contributed by atoms with van der Waals surface area (Å²) in [6.45, 7) is 0. The molecule has 0 amide bonds. The van der Waals surface area contributed by atoms with E-state index in [0.717, 1.165) is 6.39 Å². The first-order chi connectivity index (χ1) is 8.49. The second-order valence-electron chi connectivity index (χ2n) is 3.21. The summed E-state index contributed by atoms with van der Waals surface area (Å²) < 4.78 is 70.4. The van der Waals surface area contributed by atoms with Gasteiger partial charge in [0.15, 0.2) is 35.4 Å². The van der Waals surface area contributed by atoms with Crippen molar-refractivity contribution in [3.8, 4) is 11.3 Å². The first-order valence-electron chi connectivity index (χ1n) is 4.49. The number of hydrogen-bond donors (Lipinski definition) is 0. The maximum absolute atomic E-state index is 13.5. The number of hydrogen-bond acceptors (Lipinski definition) is 2. The lowest BCUT2D eigenvalue weighted by atomic mass is 10.1. The normalized spacial score (nSPS) is 11.0. The Bertz CT molecular complexity index is 584. The van der Waals surface area contributed by atoms with Gasteiger partial charge >= 0.3 is 0 Å². The molecule has 1 aromatic heterocycles. The maximum atomic E-state index is 13.5. The Labute approximate surface area is 106 Å². The molecule has 0 aliphatic carbocycles. The highest BCUT2D eigenvalue weighted by atomic mass is 79.9. The van der Waals surface area contributed by atoms with Crippen LogP contribution in [0.5, 0.6) is 0 Å². The molecule has 18 heavy (non-hydrogen) atoms. The first kappa shape index (κ1) is 13.0. The SMILES string of the molecule is Fc1c(F)c(F)c(-c2ocnc2CBr)c(F)c1F. The molecule has 0 atom stereocenters. The van der Waals surface area contributed by atoms with E-state index in [1.165, 1.54) is 0 Å². The maximum Gasteiger partial charge on any atom is 0.200 e. The molecule has 1 heterocycles. The molecule has 0 saturated carbocycles. The minimum Gasteiger partial charge on any atom is -0.443 e. The smallest absolute Gasteiger partial charge is 0.200 e. The zero-order valence-corrected chi connectivity index (χ0v) is 9.99. The molecule has 2 nitrogen and oxygen atoms in total. The van der Waals surface area contributed by atoms with Crippen molar-refractivity contribution in [2.24, 2.45) is 0 Å². The minimum absolute atomic E-state index is 0.0261. The van der Waals surface area contributed by atoms with Crippen LogP contribution >= 0.6 is 15.9 Å². The summed E-state index contributed by atoms with van der Waals surface area (Å²) in [4.78, 5) is 3.59. The van der Waals surface area contributed by atoms with E-state index in [4.69, 9.17) is 0 Å². The second-order valence-corrected chi connectivity index (χ2v) is 3.77. The summed E-state index contributed by atoms with van der Waals surface area (Å²) >= 11 is 2.96. The quantitative estimate of drug-likeness (QED) is 0.361. The number of alkyl halides is 1. The molecule has 2 aromatic rings. The Hall–Kier alpha value is -1.44. The molecule has 0 saturated heterocycles. The highest BCUT2D eigenvalue weighted by Crippen LogP contribution is 2.33. The molecule has 0 N–H and O–H groups in total. The van der Waals surface area contributed by atoms with Crippen LogP contribution in [0.4, 0.5) is 22.0 Å². The number of halogens is 6. The van der Waals surface area contributed by atoms with E-state index in [2.05, 4.69) is 25.3 Å². The highest BCUT2D eigenvalue weighted by Gasteiger charge is 2.29. The van der Waals surface area contributed by atoms with Gasteiger partial charge in [-0.1, -0.05) is 15.9 Å². The molecular weight excluding hydrogens is 325 g/mol. The van der Waals surface area contributed by atoms with Gasteiger partial charge in [0.05, 0.1) is 11.3 Å². The third-order valence-corrected chi connectivity index (χ3v) is 2.74. The summed E-state index contributed by atoms with van der Waals surface area (Å²) in [6.07, 6.45) is 0.851. The zero-order chi connectivity index (χ0) is 13.4. The van der Waals surface area contributed by atoms with E-state index >= 15 is 0 Å².